The largest absolute Gasteiger partial charge is 0.497 e. The molecule has 0 amide bonds. The average molecular weight is 401 g/mol. The molecule has 0 saturated heterocycles. The van der Waals surface area contributed by atoms with E-state index in [-0.39, 0.29) is 12.5 Å². The first-order valence-electron chi connectivity index (χ1n) is 12.0. The van der Waals surface area contributed by atoms with Crippen molar-refractivity contribution < 1.29 is 18.7 Å². The van der Waals surface area contributed by atoms with Crippen molar-refractivity contribution in [1.29, 1.82) is 0 Å². The number of methoxy groups -OCH3 is 2. The van der Waals surface area contributed by atoms with Crippen LogP contribution in [-0.4, -0.2) is 49.9 Å². The Balaban J connectivity index is 1.83. The Kier molecular flexibility index (Phi) is 6.21. The van der Waals surface area contributed by atoms with Crippen LogP contribution in [0.25, 0.3) is 0 Å². The molecule has 1 fully saturated rings. The molecule has 1 N–H and O–H groups in total. The fourth-order valence-electron chi connectivity index (χ4n) is 4.30. The highest BCUT2D eigenvalue weighted by Gasteiger charge is 2.39. The van der Waals surface area contributed by atoms with Gasteiger partial charge in [-0.15, -0.1) is 0 Å². The summed E-state index contributed by atoms with van der Waals surface area (Å²) >= 11 is 0. The van der Waals surface area contributed by atoms with Crippen LogP contribution in [0.2, 0.25) is 0 Å². The van der Waals surface area contributed by atoms with E-state index < -0.39 is 12.6 Å². The summed E-state index contributed by atoms with van der Waals surface area (Å²) in [4.78, 5) is 1.54. The maximum absolute atomic E-state index is 11.6. The van der Waals surface area contributed by atoms with E-state index in [9.17, 15) is 5.11 Å². The summed E-state index contributed by atoms with van der Waals surface area (Å²) in [7, 11) is 3.25. The van der Waals surface area contributed by atoms with Crippen molar-refractivity contribution in [2.75, 3.05) is 34.3 Å². The molecule has 158 valence electrons. The minimum Gasteiger partial charge on any atom is -0.497 e. The Hall–Kier alpha value is -2.04. The van der Waals surface area contributed by atoms with Gasteiger partial charge in [0, 0.05) is 23.1 Å². The smallest absolute Gasteiger partial charge is 0.118 e. The van der Waals surface area contributed by atoms with Crippen LogP contribution in [0.1, 0.15) is 53.3 Å². The van der Waals surface area contributed by atoms with Gasteiger partial charge in [-0.1, -0.05) is 43.5 Å². The predicted octanol–water partition coefficient (Wildman–Crippen LogP) is 4.66. The third kappa shape index (κ3) is 5.74. The summed E-state index contributed by atoms with van der Waals surface area (Å²) in [6.45, 7) is -1.59. The third-order valence-corrected chi connectivity index (χ3v) is 6.12. The summed E-state index contributed by atoms with van der Waals surface area (Å²) in [6.07, 6.45) is 5.02. The van der Waals surface area contributed by atoms with Crippen molar-refractivity contribution in [2.45, 2.75) is 50.0 Å². The molecule has 0 bridgehead atoms. The second-order valence-electron chi connectivity index (χ2n) is 8.03. The van der Waals surface area contributed by atoms with Crippen molar-refractivity contribution in [3.63, 3.8) is 0 Å². The van der Waals surface area contributed by atoms with E-state index in [0.29, 0.717) is 25.8 Å². The lowest BCUT2D eigenvalue weighted by Gasteiger charge is -2.41. The molecule has 1 saturated carbocycles. The minimum atomic E-state index is -2.25. The van der Waals surface area contributed by atoms with Gasteiger partial charge in [0.15, 0.2) is 0 Å². The van der Waals surface area contributed by atoms with Gasteiger partial charge in [0.05, 0.1) is 19.8 Å². The topological polar surface area (TPSA) is 41.9 Å². The van der Waals surface area contributed by atoms with E-state index in [1.54, 1.807) is 19.1 Å². The van der Waals surface area contributed by atoms with Gasteiger partial charge in [-0.05, 0) is 61.6 Å². The molecule has 1 unspecified atom stereocenters. The number of hydrogen-bond acceptors (Lipinski definition) is 4. The molecular weight excluding hydrogens is 362 g/mol. The Labute approximate surface area is 179 Å². The zero-order valence-electron chi connectivity index (χ0n) is 20.6. The van der Waals surface area contributed by atoms with Gasteiger partial charge in [0.1, 0.15) is 11.5 Å². The van der Waals surface area contributed by atoms with Crippen LogP contribution in [0, 0.1) is 0 Å². The van der Waals surface area contributed by atoms with E-state index in [1.165, 1.54) is 0 Å². The molecule has 0 aromatic heterocycles. The van der Waals surface area contributed by atoms with Crippen molar-refractivity contribution in [3.05, 3.63) is 59.7 Å². The maximum Gasteiger partial charge on any atom is 0.118 e. The standard InChI is InChI=1S/C25H35NO3/c1-26(18-15-20-7-11-22(28-2)12-8-20)19-24(25(27)16-5-4-6-17-25)21-9-13-23(29-3)14-10-21/h7-14,24,27H,4-6,15-19H2,1-3H3/i1D3. The van der Waals surface area contributed by atoms with Crippen LogP contribution in [0.4, 0.5) is 0 Å². The van der Waals surface area contributed by atoms with Crippen molar-refractivity contribution in [2.24, 2.45) is 0 Å². The molecule has 0 radical (unpaired) electrons. The molecule has 0 aliphatic heterocycles. The second-order valence-corrected chi connectivity index (χ2v) is 8.03. The molecule has 1 aliphatic carbocycles. The van der Waals surface area contributed by atoms with Gasteiger partial charge in [-0.3, -0.25) is 0 Å². The Bertz CT molecular complexity index is 831. The van der Waals surface area contributed by atoms with E-state index in [0.717, 1.165) is 41.9 Å². The van der Waals surface area contributed by atoms with Gasteiger partial charge in [-0.2, -0.15) is 0 Å². The molecule has 0 spiro atoms. The number of benzene rings is 2. The molecule has 3 rings (SSSR count). The lowest BCUT2D eigenvalue weighted by molar-refractivity contribution is -0.0291. The van der Waals surface area contributed by atoms with Gasteiger partial charge in [0.25, 0.3) is 0 Å². The highest BCUT2D eigenvalue weighted by atomic mass is 16.5. The lowest BCUT2D eigenvalue weighted by atomic mass is 9.72. The first-order valence-corrected chi connectivity index (χ1v) is 10.5. The number of rotatable bonds is 9. The van der Waals surface area contributed by atoms with Crippen LogP contribution < -0.4 is 9.47 Å². The van der Waals surface area contributed by atoms with Crippen LogP contribution in [0.15, 0.2) is 48.5 Å². The van der Waals surface area contributed by atoms with Crippen LogP contribution in [0.3, 0.4) is 0 Å². The molecule has 4 nitrogen and oxygen atoms in total. The summed E-state index contributed by atoms with van der Waals surface area (Å²) < 4.78 is 35.0. The highest BCUT2D eigenvalue weighted by molar-refractivity contribution is 5.32. The van der Waals surface area contributed by atoms with Gasteiger partial charge >= 0.3 is 0 Å². The molecule has 1 aliphatic rings. The molecule has 1 atom stereocenters. The second kappa shape index (κ2) is 10.1. The number of hydrogen-bond donors (Lipinski definition) is 1. The summed E-state index contributed by atoms with van der Waals surface area (Å²) in [5, 5.41) is 11.6. The Morgan fingerprint density at radius 1 is 0.966 bits per heavy atom. The number of ether oxygens (including phenoxy) is 2. The first kappa shape index (κ1) is 17.8. The molecule has 2 aromatic carbocycles. The molecular formula is C25H35NO3. The quantitative estimate of drug-likeness (QED) is 0.665. The number of likely N-dealkylation sites (N-methyl/N-ethyl adjacent to an activating group) is 1. The maximum atomic E-state index is 11.6. The van der Waals surface area contributed by atoms with Gasteiger partial charge < -0.3 is 19.5 Å². The number of aliphatic hydroxyl groups is 1. The van der Waals surface area contributed by atoms with E-state index >= 15 is 0 Å². The number of nitrogens with zero attached hydrogens (tertiary/aromatic N) is 1. The van der Waals surface area contributed by atoms with Crippen LogP contribution in [-0.2, 0) is 6.42 Å². The third-order valence-electron chi connectivity index (χ3n) is 6.12. The summed E-state index contributed by atoms with van der Waals surface area (Å²) in [6, 6.07) is 15.4. The van der Waals surface area contributed by atoms with Crippen molar-refractivity contribution in [1.82, 2.24) is 4.90 Å². The zero-order chi connectivity index (χ0) is 23.2. The molecule has 4 heteroatoms. The van der Waals surface area contributed by atoms with E-state index in [4.69, 9.17) is 13.6 Å². The normalized spacial score (nSPS) is 19.1. The van der Waals surface area contributed by atoms with Crippen LogP contribution >= 0.6 is 0 Å². The lowest BCUT2D eigenvalue weighted by Crippen LogP contribution is -2.43. The molecule has 29 heavy (non-hydrogen) atoms. The predicted molar refractivity (Wildman–Crippen MR) is 118 cm³/mol. The SMILES string of the molecule is [2H]C([2H])([2H])N(CCc1ccc(OC)cc1)CC(c1ccc(OC)cc1)C1(O)CCCCC1. The fraction of sp³-hybridized carbons (Fsp3) is 0.520. The van der Waals surface area contributed by atoms with Gasteiger partial charge in [-0.25, -0.2) is 0 Å². The van der Waals surface area contributed by atoms with E-state index in [1.807, 2.05) is 48.5 Å². The molecule has 2 aromatic rings. The first-order chi connectivity index (χ1) is 15.2. The van der Waals surface area contributed by atoms with E-state index in [2.05, 4.69) is 0 Å². The average Bonchev–Trinajstić information content (AvgIpc) is 2.79. The summed E-state index contributed by atoms with van der Waals surface area (Å²) in [5.74, 6) is 1.24. The van der Waals surface area contributed by atoms with Crippen molar-refractivity contribution in [3.8, 4) is 11.5 Å². The minimum absolute atomic E-state index is 0.273. The zero-order valence-corrected chi connectivity index (χ0v) is 17.6. The summed E-state index contributed by atoms with van der Waals surface area (Å²) in [5.41, 5.74) is 1.10. The van der Waals surface area contributed by atoms with Crippen LogP contribution in [0.5, 0.6) is 11.5 Å². The monoisotopic (exact) mass is 400 g/mol. The van der Waals surface area contributed by atoms with Gasteiger partial charge in [0.2, 0.25) is 0 Å². The fourth-order valence-corrected chi connectivity index (χ4v) is 4.30. The van der Waals surface area contributed by atoms with Crippen molar-refractivity contribution >= 4 is 0 Å². The highest BCUT2D eigenvalue weighted by Crippen LogP contribution is 2.40. The Morgan fingerprint density at radius 2 is 1.55 bits per heavy atom. The molecule has 0 heterocycles. The Morgan fingerprint density at radius 3 is 2.10 bits per heavy atom.